The summed E-state index contributed by atoms with van der Waals surface area (Å²) in [6.07, 6.45) is 1.94. The minimum Gasteiger partial charge on any atom is -0.487 e. The van der Waals surface area contributed by atoms with Crippen LogP contribution in [0.25, 0.3) is 27.5 Å². The minimum absolute atomic E-state index is 0.724. The van der Waals surface area contributed by atoms with Gasteiger partial charge in [0.05, 0.1) is 32.4 Å². The number of hydrogen-bond acceptors (Lipinski definition) is 4. The topological polar surface area (TPSA) is 47.1 Å². The summed E-state index contributed by atoms with van der Waals surface area (Å²) in [6, 6.07) is 27.2. The molecule has 0 radical (unpaired) electrons. The van der Waals surface area contributed by atoms with E-state index in [2.05, 4.69) is 84.6 Å². The summed E-state index contributed by atoms with van der Waals surface area (Å²) in [5, 5.41) is 7.13. The van der Waals surface area contributed by atoms with Crippen molar-refractivity contribution in [3.8, 4) is 16.9 Å². The molecule has 6 nitrogen and oxygen atoms in total. The second-order valence-electron chi connectivity index (χ2n) is 9.23. The van der Waals surface area contributed by atoms with Crippen LogP contribution in [0.2, 0.25) is 0 Å². The number of nitrogens with zero attached hydrogens (tertiary/aromatic N) is 4. The van der Waals surface area contributed by atoms with E-state index in [0.29, 0.717) is 0 Å². The van der Waals surface area contributed by atoms with Gasteiger partial charge in [-0.15, -0.1) is 0 Å². The summed E-state index contributed by atoms with van der Waals surface area (Å²) in [5.74, 6) is 2.10. The summed E-state index contributed by atoms with van der Waals surface area (Å²) in [7, 11) is 0. The van der Waals surface area contributed by atoms with E-state index >= 15 is 0 Å². The van der Waals surface area contributed by atoms with Crippen LogP contribution in [0.5, 0.6) is 5.75 Å². The molecule has 6 rings (SSSR count). The van der Waals surface area contributed by atoms with Crippen LogP contribution in [0.1, 0.15) is 5.69 Å². The molecule has 6 heteroatoms. The Morgan fingerprint density at radius 3 is 2.54 bits per heavy atom. The zero-order valence-corrected chi connectivity index (χ0v) is 20.0. The number of quaternary nitrogens is 1. The number of fused-ring (bicyclic) bond motifs is 2. The van der Waals surface area contributed by atoms with Crippen LogP contribution in [0.4, 0.5) is 5.82 Å². The van der Waals surface area contributed by atoms with Crippen LogP contribution < -0.4 is 14.5 Å². The molecule has 0 amide bonds. The van der Waals surface area contributed by atoms with Crippen LogP contribution in [-0.2, 0) is 0 Å². The molecule has 1 aliphatic heterocycles. The highest BCUT2D eigenvalue weighted by Crippen LogP contribution is 2.27. The molecule has 0 saturated carbocycles. The molecule has 1 saturated heterocycles. The van der Waals surface area contributed by atoms with Gasteiger partial charge in [-0.25, -0.2) is 4.98 Å². The van der Waals surface area contributed by atoms with Crippen molar-refractivity contribution in [1.82, 2.24) is 14.6 Å². The molecule has 0 atom stereocenters. The van der Waals surface area contributed by atoms with E-state index in [-0.39, 0.29) is 0 Å². The number of aromatic nitrogens is 3. The molecule has 3 heterocycles. The third-order valence-corrected chi connectivity index (χ3v) is 6.92. The van der Waals surface area contributed by atoms with Crippen molar-refractivity contribution in [2.24, 2.45) is 0 Å². The Morgan fingerprint density at radius 1 is 0.914 bits per heavy atom. The number of piperazine rings is 1. The van der Waals surface area contributed by atoms with Gasteiger partial charge in [-0.3, -0.25) is 0 Å². The molecule has 0 unspecified atom stereocenters. The molecule has 35 heavy (non-hydrogen) atoms. The molecule has 0 spiro atoms. The molecule has 1 fully saturated rings. The molecule has 1 N–H and O–H groups in total. The van der Waals surface area contributed by atoms with Gasteiger partial charge in [0.2, 0.25) is 0 Å². The fourth-order valence-electron chi connectivity index (χ4n) is 5.04. The van der Waals surface area contributed by atoms with Gasteiger partial charge in [-0.1, -0.05) is 66.7 Å². The fourth-order valence-corrected chi connectivity index (χ4v) is 5.04. The van der Waals surface area contributed by atoms with Crippen LogP contribution in [0, 0.1) is 6.92 Å². The Bertz CT molecular complexity index is 1450. The first-order chi connectivity index (χ1) is 17.3. The third-order valence-electron chi connectivity index (χ3n) is 6.92. The van der Waals surface area contributed by atoms with Gasteiger partial charge in [0, 0.05) is 22.7 Å². The van der Waals surface area contributed by atoms with E-state index in [1.807, 2.05) is 16.8 Å². The Kier molecular flexibility index (Phi) is 5.80. The number of anilines is 1. The Hall–Kier alpha value is -3.90. The highest BCUT2D eigenvalue weighted by atomic mass is 16.5. The largest absolute Gasteiger partial charge is 0.487 e. The van der Waals surface area contributed by atoms with Crippen molar-refractivity contribution in [3.63, 3.8) is 0 Å². The summed E-state index contributed by atoms with van der Waals surface area (Å²) in [4.78, 5) is 8.85. The van der Waals surface area contributed by atoms with Crippen molar-refractivity contribution >= 4 is 22.2 Å². The van der Waals surface area contributed by atoms with Crippen LogP contribution in [0.3, 0.4) is 0 Å². The Labute approximate surface area is 205 Å². The number of ether oxygens (including phenoxy) is 1. The first-order valence-electron chi connectivity index (χ1n) is 12.4. The second-order valence-corrected chi connectivity index (χ2v) is 9.23. The average Bonchev–Trinajstić information content (AvgIpc) is 3.33. The molecule has 0 aliphatic carbocycles. The van der Waals surface area contributed by atoms with Gasteiger partial charge >= 0.3 is 0 Å². The first kappa shape index (κ1) is 21.6. The molecule has 1 aliphatic rings. The predicted molar refractivity (Wildman–Crippen MR) is 140 cm³/mol. The molecule has 3 aromatic carbocycles. The van der Waals surface area contributed by atoms with Crippen molar-refractivity contribution in [2.75, 3.05) is 44.2 Å². The maximum atomic E-state index is 6.19. The van der Waals surface area contributed by atoms with Crippen LogP contribution in [-0.4, -0.2) is 53.9 Å². The van der Waals surface area contributed by atoms with Gasteiger partial charge in [-0.2, -0.15) is 9.61 Å². The smallest absolute Gasteiger partial charge is 0.165 e. The lowest BCUT2D eigenvalue weighted by Gasteiger charge is -2.33. The SMILES string of the molecule is Cc1cc(N2CC[NH+](CCOc3cccc4ccccc34)CC2)n2ncc(-c3ccccc3)c2n1. The van der Waals surface area contributed by atoms with Gasteiger partial charge in [0.15, 0.2) is 5.65 Å². The normalized spacial score (nSPS) is 14.6. The lowest BCUT2D eigenvalue weighted by Crippen LogP contribution is -3.15. The van der Waals surface area contributed by atoms with E-state index in [1.54, 1.807) is 4.90 Å². The second kappa shape index (κ2) is 9.39. The van der Waals surface area contributed by atoms with Crippen molar-refractivity contribution < 1.29 is 9.64 Å². The van der Waals surface area contributed by atoms with E-state index in [1.165, 1.54) is 10.8 Å². The highest BCUT2D eigenvalue weighted by Gasteiger charge is 2.23. The molecular formula is C29H30N5O+. The lowest BCUT2D eigenvalue weighted by molar-refractivity contribution is -0.900. The maximum absolute atomic E-state index is 6.19. The zero-order valence-electron chi connectivity index (χ0n) is 20.0. The minimum atomic E-state index is 0.724. The summed E-state index contributed by atoms with van der Waals surface area (Å²) >= 11 is 0. The number of nitrogens with one attached hydrogen (secondary N) is 1. The zero-order chi connectivity index (χ0) is 23.6. The summed E-state index contributed by atoms with van der Waals surface area (Å²) in [6.45, 7) is 7.93. The van der Waals surface area contributed by atoms with Gasteiger partial charge in [-0.05, 0) is 23.9 Å². The third kappa shape index (κ3) is 4.33. The number of benzene rings is 3. The van der Waals surface area contributed by atoms with Gasteiger partial charge < -0.3 is 14.5 Å². The molecular weight excluding hydrogens is 434 g/mol. The van der Waals surface area contributed by atoms with Crippen molar-refractivity contribution in [1.29, 1.82) is 0 Å². The average molecular weight is 465 g/mol. The predicted octanol–water partition coefficient (Wildman–Crippen LogP) is 3.64. The molecule has 0 bridgehead atoms. The number of rotatable bonds is 6. The molecule has 2 aromatic heterocycles. The first-order valence-corrected chi connectivity index (χ1v) is 12.4. The molecule has 176 valence electrons. The summed E-state index contributed by atoms with van der Waals surface area (Å²) in [5.41, 5.74) is 4.16. The number of hydrogen-bond donors (Lipinski definition) is 1. The van der Waals surface area contributed by atoms with E-state index in [4.69, 9.17) is 14.8 Å². The standard InChI is InChI=1S/C29H29N5O/c1-22-20-28(34-29(31-22)26(21-30-34)24-8-3-2-4-9-24)33-16-14-32(15-17-33)18-19-35-27-13-7-11-23-10-5-6-12-25(23)27/h2-13,20-21H,14-19H2,1H3/p+1. The van der Waals surface area contributed by atoms with Crippen LogP contribution >= 0.6 is 0 Å². The lowest BCUT2D eigenvalue weighted by atomic mass is 10.1. The molecule has 5 aromatic rings. The Balaban J connectivity index is 1.12. The summed E-state index contributed by atoms with van der Waals surface area (Å²) < 4.78 is 8.20. The monoisotopic (exact) mass is 464 g/mol. The van der Waals surface area contributed by atoms with Crippen LogP contribution in [0.15, 0.2) is 85.1 Å². The van der Waals surface area contributed by atoms with Gasteiger partial charge in [0.25, 0.3) is 0 Å². The number of aryl methyl sites for hydroxylation is 1. The van der Waals surface area contributed by atoms with Gasteiger partial charge in [0.1, 0.15) is 24.7 Å². The van der Waals surface area contributed by atoms with E-state index in [9.17, 15) is 0 Å². The maximum Gasteiger partial charge on any atom is 0.165 e. The Morgan fingerprint density at radius 2 is 1.69 bits per heavy atom. The fraction of sp³-hybridized carbons (Fsp3) is 0.241. The quantitative estimate of drug-likeness (QED) is 0.417. The van der Waals surface area contributed by atoms with Crippen molar-refractivity contribution in [2.45, 2.75) is 6.92 Å². The van der Waals surface area contributed by atoms with E-state index in [0.717, 1.165) is 73.4 Å². The highest BCUT2D eigenvalue weighted by molar-refractivity contribution is 5.88. The van der Waals surface area contributed by atoms with E-state index < -0.39 is 0 Å². The van der Waals surface area contributed by atoms with Crippen molar-refractivity contribution in [3.05, 3.63) is 90.8 Å².